The lowest BCUT2D eigenvalue weighted by molar-refractivity contribution is -0.185. The van der Waals surface area contributed by atoms with Crippen LogP contribution < -0.4 is 0 Å². The monoisotopic (exact) mass is 416 g/mol. The van der Waals surface area contributed by atoms with Crippen molar-refractivity contribution in [3.05, 3.63) is 53.1 Å². The van der Waals surface area contributed by atoms with E-state index < -0.39 is 31.9 Å². The Bertz CT molecular complexity index is 985. The molecule has 158 valence electrons. The molecule has 2 bridgehead atoms. The third-order valence-electron chi connectivity index (χ3n) is 7.07. The van der Waals surface area contributed by atoms with Gasteiger partial charge in [0.25, 0.3) is 0 Å². The van der Waals surface area contributed by atoms with Crippen molar-refractivity contribution in [2.45, 2.75) is 88.4 Å². The predicted octanol–water partition coefficient (Wildman–Crippen LogP) is 5.21. The lowest BCUT2D eigenvalue weighted by Crippen LogP contribution is -2.58. The van der Waals surface area contributed by atoms with Gasteiger partial charge in [-0.25, -0.2) is 8.42 Å². The van der Waals surface area contributed by atoms with Gasteiger partial charge in [0.2, 0.25) is 0 Å². The minimum Gasteiger partial charge on any atom is -0.340 e. The summed E-state index contributed by atoms with van der Waals surface area (Å²) in [6, 6.07) is 8.84. The Kier molecular flexibility index (Phi) is 4.69. The summed E-state index contributed by atoms with van der Waals surface area (Å²) < 4.78 is 40.6. The largest absolute Gasteiger partial charge is 0.340 e. The maximum absolute atomic E-state index is 13.8. The van der Waals surface area contributed by atoms with Crippen LogP contribution in [0.4, 0.5) is 0 Å². The van der Waals surface area contributed by atoms with Crippen molar-refractivity contribution in [2.75, 3.05) is 0 Å². The van der Waals surface area contributed by atoms with Crippen molar-refractivity contribution in [2.24, 2.45) is 5.41 Å². The minimum atomic E-state index is -3.55. The topological polar surface area (TPSA) is 52.6 Å². The Morgan fingerprint density at radius 1 is 1.03 bits per heavy atom. The molecule has 1 spiro atoms. The molecule has 4 rings (SSSR count). The summed E-state index contributed by atoms with van der Waals surface area (Å²) in [6.07, 6.45) is 4.05. The summed E-state index contributed by atoms with van der Waals surface area (Å²) in [5.74, 6) is -0.701. The average Bonchev–Trinajstić information content (AvgIpc) is 2.89. The highest BCUT2D eigenvalue weighted by Crippen LogP contribution is 2.60. The van der Waals surface area contributed by atoms with E-state index in [4.69, 9.17) is 9.47 Å². The molecular weight excluding hydrogens is 384 g/mol. The Morgan fingerprint density at radius 2 is 1.69 bits per heavy atom. The smallest absolute Gasteiger partial charge is 0.185 e. The van der Waals surface area contributed by atoms with E-state index in [0.29, 0.717) is 11.3 Å². The number of hydrogen-bond acceptors (Lipinski definition) is 4. The molecule has 1 aromatic rings. The summed E-state index contributed by atoms with van der Waals surface area (Å²) in [5.41, 5.74) is 2.17. The molecule has 1 unspecified atom stereocenters. The van der Waals surface area contributed by atoms with E-state index in [2.05, 4.69) is 26.8 Å². The molecule has 4 nitrogen and oxygen atoms in total. The van der Waals surface area contributed by atoms with Gasteiger partial charge in [-0.1, -0.05) is 49.3 Å². The van der Waals surface area contributed by atoms with E-state index in [1.54, 1.807) is 24.3 Å². The number of hydrogen-bond donors (Lipinski definition) is 0. The van der Waals surface area contributed by atoms with Crippen LogP contribution in [0, 0.1) is 5.41 Å². The first kappa shape index (κ1) is 20.8. The first-order chi connectivity index (χ1) is 13.4. The fourth-order valence-electron chi connectivity index (χ4n) is 5.79. The van der Waals surface area contributed by atoms with Gasteiger partial charge >= 0.3 is 0 Å². The molecule has 29 heavy (non-hydrogen) atoms. The normalized spacial score (nSPS) is 35.3. The number of fused-ring (bicyclic) bond motifs is 1. The molecule has 1 heterocycles. The first-order valence-corrected chi connectivity index (χ1v) is 12.0. The van der Waals surface area contributed by atoms with E-state index in [-0.39, 0.29) is 6.10 Å². The van der Waals surface area contributed by atoms with Gasteiger partial charge in [-0.2, -0.15) is 0 Å². The van der Waals surface area contributed by atoms with Gasteiger partial charge in [-0.05, 0) is 64.7 Å². The number of benzene rings is 1. The first-order valence-electron chi connectivity index (χ1n) is 10.5. The molecule has 1 aromatic carbocycles. The van der Waals surface area contributed by atoms with Crippen LogP contribution in [0.25, 0.3) is 0 Å². The van der Waals surface area contributed by atoms with Crippen molar-refractivity contribution in [3.63, 3.8) is 0 Å². The van der Waals surface area contributed by atoms with Crippen LogP contribution >= 0.6 is 0 Å². The van der Waals surface area contributed by atoms with Crippen LogP contribution in [0.1, 0.15) is 60.8 Å². The molecule has 1 fully saturated rings. The van der Waals surface area contributed by atoms with Crippen LogP contribution in [0.15, 0.2) is 58.0 Å². The summed E-state index contributed by atoms with van der Waals surface area (Å²) >= 11 is 0. The van der Waals surface area contributed by atoms with Crippen molar-refractivity contribution in [3.8, 4) is 0 Å². The average molecular weight is 417 g/mol. The molecule has 3 aliphatic rings. The molecule has 2 aliphatic carbocycles. The third kappa shape index (κ3) is 3.05. The third-order valence-corrected chi connectivity index (χ3v) is 9.15. The van der Waals surface area contributed by atoms with Crippen LogP contribution in [0.5, 0.6) is 0 Å². The molecule has 1 aliphatic heterocycles. The fourth-order valence-corrected chi connectivity index (χ4v) is 7.94. The summed E-state index contributed by atoms with van der Waals surface area (Å²) in [7, 11) is -3.55. The van der Waals surface area contributed by atoms with Gasteiger partial charge in [0.05, 0.1) is 10.1 Å². The zero-order valence-corrected chi connectivity index (χ0v) is 19.1. The lowest BCUT2D eigenvalue weighted by Gasteiger charge is -2.53. The fraction of sp³-hybridized carbons (Fsp3) is 0.583. The van der Waals surface area contributed by atoms with Crippen LogP contribution in [0.2, 0.25) is 0 Å². The molecule has 0 radical (unpaired) electrons. The van der Waals surface area contributed by atoms with E-state index in [1.165, 1.54) is 5.57 Å². The number of rotatable bonds is 2. The van der Waals surface area contributed by atoms with E-state index >= 15 is 0 Å². The molecule has 0 amide bonds. The van der Waals surface area contributed by atoms with Gasteiger partial charge in [0.15, 0.2) is 15.6 Å². The second-order valence-corrected chi connectivity index (χ2v) is 11.9. The van der Waals surface area contributed by atoms with E-state index in [0.717, 1.165) is 24.0 Å². The molecule has 1 saturated heterocycles. The molecular formula is C24H32O4S. The predicted molar refractivity (Wildman–Crippen MR) is 114 cm³/mol. The van der Waals surface area contributed by atoms with Crippen molar-refractivity contribution in [1.82, 2.24) is 0 Å². The summed E-state index contributed by atoms with van der Waals surface area (Å²) in [4.78, 5) is 0.384. The molecule has 0 N–H and O–H groups in total. The maximum atomic E-state index is 13.8. The van der Waals surface area contributed by atoms with Crippen LogP contribution in [0.3, 0.4) is 0 Å². The molecule has 3 atom stereocenters. The van der Waals surface area contributed by atoms with Gasteiger partial charge in [-0.15, -0.1) is 0 Å². The van der Waals surface area contributed by atoms with Gasteiger partial charge in [0.1, 0.15) is 11.7 Å². The Morgan fingerprint density at radius 3 is 2.34 bits per heavy atom. The summed E-state index contributed by atoms with van der Waals surface area (Å²) in [6.45, 7) is 12.3. The van der Waals surface area contributed by atoms with Crippen molar-refractivity contribution >= 4 is 9.84 Å². The van der Waals surface area contributed by atoms with Crippen LogP contribution in [-0.2, 0) is 19.3 Å². The lowest BCUT2D eigenvalue weighted by atomic mass is 9.58. The Balaban J connectivity index is 1.95. The second kappa shape index (κ2) is 6.53. The van der Waals surface area contributed by atoms with E-state index in [9.17, 15) is 8.42 Å². The van der Waals surface area contributed by atoms with Gasteiger partial charge in [-0.3, -0.25) is 0 Å². The van der Waals surface area contributed by atoms with Crippen molar-refractivity contribution < 1.29 is 17.9 Å². The second-order valence-electron chi connectivity index (χ2n) is 9.81. The minimum absolute atomic E-state index is 0.184. The number of sulfone groups is 1. The van der Waals surface area contributed by atoms with E-state index in [1.807, 2.05) is 26.8 Å². The highest BCUT2D eigenvalue weighted by Gasteiger charge is 2.64. The number of allylic oxidation sites excluding steroid dienone is 2. The maximum Gasteiger partial charge on any atom is 0.185 e. The zero-order valence-electron chi connectivity index (χ0n) is 18.3. The molecule has 5 heteroatoms. The molecule has 0 aromatic heterocycles. The quantitative estimate of drug-likeness (QED) is 0.622. The highest BCUT2D eigenvalue weighted by molar-refractivity contribution is 7.92. The number of ether oxygens (including phenoxy) is 2. The van der Waals surface area contributed by atoms with Gasteiger partial charge in [0, 0.05) is 5.41 Å². The summed E-state index contributed by atoms with van der Waals surface area (Å²) in [5, 5.41) is -0.596. The van der Waals surface area contributed by atoms with Crippen LogP contribution in [-0.4, -0.2) is 31.2 Å². The Labute approximate surface area is 174 Å². The standard InChI is InChI=1S/C24H32O4S/c1-16-14-19(29(25,26)18-10-8-7-9-11-18)21-17(2)12-13-24(22(21,3)4)20(15-16)27-23(5,6)28-24/h7-11,15,19-20H,12-14H2,1-6H3/b16-15-/t19?,20-,24+/m0/s1. The zero-order chi connectivity index (χ0) is 21.2. The van der Waals surface area contributed by atoms with Gasteiger partial charge < -0.3 is 9.47 Å². The molecule has 0 saturated carbocycles. The highest BCUT2D eigenvalue weighted by atomic mass is 32.2. The van der Waals surface area contributed by atoms with Crippen molar-refractivity contribution in [1.29, 1.82) is 0 Å². The SMILES string of the molecule is CC1=C2C(S(=O)(=O)c3ccccc3)C/C(C)=C\[C@@H]3OC(C)(C)O[C@@]3(CC1)C2(C)C. The Hall–Kier alpha value is -1.43.